The Morgan fingerprint density at radius 2 is 1.79 bits per heavy atom. The highest BCUT2D eigenvalue weighted by atomic mass is 35.5. The molecule has 2 aromatic heterocycles. The number of phenolic OH excluding ortho intramolecular Hbond substituents is 1. The number of aromatic nitrogens is 2. The third-order valence-corrected chi connectivity index (χ3v) is 7.46. The van der Waals surface area contributed by atoms with E-state index in [0.717, 1.165) is 5.56 Å². The summed E-state index contributed by atoms with van der Waals surface area (Å²) in [5.41, 5.74) is 2.20. The van der Waals surface area contributed by atoms with Crippen LogP contribution in [0.25, 0.3) is 10.9 Å². The molecular formula is C24H22ClN5O3S. The van der Waals surface area contributed by atoms with E-state index in [4.69, 9.17) is 11.6 Å². The third kappa shape index (κ3) is 4.57. The van der Waals surface area contributed by atoms with Crippen molar-refractivity contribution in [2.75, 3.05) is 10.8 Å². The van der Waals surface area contributed by atoms with Crippen molar-refractivity contribution in [2.45, 2.75) is 25.2 Å². The summed E-state index contributed by atoms with van der Waals surface area (Å²) in [5.74, 6) is 0.290. The van der Waals surface area contributed by atoms with Crippen molar-refractivity contribution in [3.8, 4) is 5.75 Å². The van der Waals surface area contributed by atoms with Crippen LogP contribution in [0, 0.1) is 0 Å². The van der Waals surface area contributed by atoms with Crippen LogP contribution >= 0.6 is 11.6 Å². The predicted octanol–water partition coefficient (Wildman–Crippen LogP) is 6.18. The number of aryl methyl sites for hydroxylation is 1. The lowest BCUT2D eigenvalue weighted by Gasteiger charge is -2.22. The zero-order valence-electron chi connectivity index (χ0n) is 18.6. The van der Waals surface area contributed by atoms with E-state index >= 15 is 0 Å². The second-order valence-electron chi connectivity index (χ2n) is 7.35. The largest absolute Gasteiger partial charge is 0.507 e. The fourth-order valence-corrected chi connectivity index (χ4v) is 5.17. The van der Waals surface area contributed by atoms with Gasteiger partial charge in [0, 0.05) is 18.1 Å². The molecule has 2 aromatic carbocycles. The molecule has 2 heterocycles. The highest BCUT2D eigenvalue weighted by molar-refractivity contribution is 7.92. The molecule has 0 amide bonds. The summed E-state index contributed by atoms with van der Waals surface area (Å²) < 4.78 is 27.5. The average Bonchev–Trinajstić information content (AvgIpc) is 2.84. The van der Waals surface area contributed by atoms with E-state index in [9.17, 15) is 13.5 Å². The fourth-order valence-electron chi connectivity index (χ4n) is 3.48. The van der Waals surface area contributed by atoms with Gasteiger partial charge in [-0.1, -0.05) is 36.7 Å². The van der Waals surface area contributed by atoms with Gasteiger partial charge in [-0.25, -0.2) is 18.4 Å². The summed E-state index contributed by atoms with van der Waals surface area (Å²) in [6.07, 6.45) is 1.93. The summed E-state index contributed by atoms with van der Waals surface area (Å²) in [6, 6.07) is 16.7. The van der Waals surface area contributed by atoms with Crippen molar-refractivity contribution in [1.29, 1.82) is 0 Å². The zero-order chi connectivity index (χ0) is 24.3. The lowest BCUT2D eigenvalue weighted by Crippen LogP contribution is -2.30. The standard InChI is InChI=1S/C24H22ClN5O3S/c1-3-16-14-19-21(31)12-11-20(23(19)27-24(16)25)28-29-22-13-10-18(15-26-22)34(32,33)30(4-2)17-8-6-5-7-9-17/h5-15,31H,3-4H2,1-2H3. The number of rotatable bonds is 7. The first-order chi connectivity index (χ1) is 16.3. The van der Waals surface area contributed by atoms with E-state index in [2.05, 4.69) is 20.2 Å². The van der Waals surface area contributed by atoms with Crippen LogP contribution in [-0.2, 0) is 16.4 Å². The maximum Gasteiger partial charge on any atom is 0.265 e. The first-order valence-electron chi connectivity index (χ1n) is 10.6. The number of anilines is 1. The molecule has 34 heavy (non-hydrogen) atoms. The molecule has 0 saturated heterocycles. The SMILES string of the molecule is CCc1cc2c(O)ccc(N=Nc3ccc(S(=O)(=O)N(CC)c4ccccc4)cn3)c2nc1Cl. The summed E-state index contributed by atoms with van der Waals surface area (Å²) >= 11 is 6.25. The molecule has 0 unspecified atom stereocenters. The smallest absolute Gasteiger partial charge is 0.265 e. The number of benzene rings is 2. The molecule has 4 aromatic rings. The van der Waals surface area contributed by atoms with E-state index < -0.39 is 10.0 Å². The number of pyridine rings is 2. The van der Waals surface area contributed by atoms with Gasteiger partial charge in [-0.15, -0.1) is 10.2 Å². The molecule has 0 radical (unpaired) electrons. The topological polar surface area (TPSA) is 108 Å². The zero-order valence-corrected chi connectivity index (χ0v) is 20.1. The highest BCUT2D eigenvalue weighted by Gasteiger charge is 2.23. The molecule has 4 rings (SSSR count). The molecule has 1 N–H and O–H groups in total. The number of hydrogen-bond acceptors (Lipinski definition) is 7. The molecule has 8 nitrogen and oxygen atoms in total. The molecule has 0 fully saturated rings. The van der Waals surface area contributed by atoms with E-state index in [-0.39, 0.29) is 23.0 Å². The minimum absolute atomic E-state index is 0.0489. The van der Waals surface area contributed by atoms with Crippen molar-refractivity contribution in [2.24, 2.45) is 10.2 Å². The molecule has 0 aliphatic rings. The summed E-state index contributed by atoms with van der Waals surface area (Å²) in [5, 5.41) is 19.4. The Balaban J connectivity index is 1.63. The highest BCUT2D eigenvalue weighted by Crippen LogP contribution is 2.35. The van der Waals surface area contributed by atoms with Crippen molar-refractivity contribution in [3.63, 3.8) is 0 Å². The van der Waals surface area contributed by atoms with Crippen LogP contribution in [0.15, 0.2) is 82.0 Å². The molecule has 0 aliphatic heterocycles. The number of hydrogen-bond donors (Lipinski definition) is 1. The van der Waals surface area contributed by atoms with Crippen molar-refractivity contribution >= 4 is 49.7 Å². The minimum atomic E-state index is -3.79. The van der Waals surface area contributed by atoms with Gasteiger partial charge in [0.2, 0.25) is 0 Å². The number of para-hydroxylation sites is 1. The van der Waals surface area contributed by atoms with Gasteiger partial charge in [-0.05, 0) is 61.4 Å². The molecule has 0 bridgehead atoms. The fraction of sp³-hybridized carbons (Fsp3) is 0.167. The first kappa shape index (κ1) is 23.6. The maximum atomic E-state index is 13.1. The van der Waals surface area contributed by atoms with Gasteiger partial charge in [0.25, 0.3) is 10.0 Å². The van der Waals surface area contributed by atoms with Gasteiger partial charge in [-0.3, -0.25) is 4.31 Å². The van der Waals surface area contributed by atoms with Gasteiger partial charge in [0.05, 0.1) is 5.69 Å². The number of phenols is 1. The summed E-state index contributed by atoms with van der Waals surface area (Å²) in [6.45, 7) is 3.99. The second-order valence-corrected chi connectivity index (χ2v) is 9.57. The number of aromatic hydroxyl groups is 1. The molecule has 0 atom stereocenters. The third-order valence-electron chi connectivity index (χ3n) is 5.25. The van der Waals surface area contributed by atoms with Crippen molar-refractivity contribution in [1.82, 2.24) is 9.97 Å². The van der Waals surface area contributed by atoms with Crippen LogP contribution in [0.2, 0.25) is 5.15 Å². The minimum Gasteiger partial charge on any atom is -0.507 e. The molecule has 10 heteroatoms. The molecular weight excluding hydrogens is 474 g/mol. The van der Waals surface area contributed by atoms with E-state index in [1.165, 1.54) is 28.7 Å². The number of azo groups is 1. The molecule has 0 aliphatic carbocycles. The van der Waals surface area contributed by atoms with Gasteiger partial charge in [-0.2, -0.15) is 0 Å². The Hall–Kier alpha value is -3.56. The molecule has 0 saturated carbocycles. The summed E-state index contributed by atoms with van der Waals surface area (Å²) in [7, 11) is -3.79. The number of halogens is 1. The van der Waals surface area contributed by atoms with Crippen LogP contribution < -0.4 is 4.31 Å². The number of sulfonamides is 1. The van der Waals surface area contributed by atoms with Gasteiger partial charge < -0.3 is 5.11 Å². The average molecular weight is 496 g/mol. The second kappa shape index (κ2) is 9.74. The quantitative estimate of drug-likeness (QED) is 0.243. The van der Waals surface area contributed by atoms with Crippen LogP contribution in [0.5, 0.6) is 5.75 Å². The normalized spacial score (nSPS) is 11.9. The lowest BCUT2D eigenvalue weighted by atomic mass is 10.1. The van der Waals surface area contributed by atoms with Crippen LogP contribution in [0.1, 0.15) is 19.4 Å². The molecule has 174 valence electrons. The van der Waals surface area contributed by atoms with Crippen LogP contribution in [-0.4, -0.2) is 30.0 Å². The predicted molar refractivity (Wildman–Crippen MR) is 133 cm³/mol. The van der Waals surface area contributed by atoms with Gasteiger partial charge in [0.1, 0.15) is 27.0 Å². The van der Waals surface area contributed by atoms with E-state index in [0.29, 0.717) is 33.9 Å². The summed E-state index contributed by atoms with van der Waals surface area (Å²) in [4.78, 5) is 8.57. The van der Waals surface area contributed by atoms with Gasteiger partial charge in [0.15, 0.2) is 5.82 Å². The van der Waals surface area contributed by atoms with Gasteiger partial charge >= 0.3 is 0 Å². The Morgan fingerprint density at radius 1 is 1.03 bits per heavy atom. The van der Waals surface area contributed by atoms with E-state index in [1.54, 1.807) is 43.3 Å². The molecule has 0 spiro atoms. The van der Waals surface area contributed by atoms with Crippen LogP contribution in [0.3, 0.4) is 0 Å². The number of nitrogens with zero attached hydrogens (tertiary/aromatic N) is 5. The maximum absolute atomic E-state index is 13.1. The lowest BCUT2D eigenvalue weighted by molar-refractivity contribution is 0.481. The Morgan fingerprint density at radius 3 is 2.44 bits per heavy atom. The van der Waals surface area contributed by atoms with Crippen molar-refractivity contribution in [3.05, 3.63) is 77.6 Å². The number of fused-ring (bicyclic) bond motifs is 1. The Labute approximate surface area is 202 Å². The van der Waals surface area contributed by atoms with Crippen molar-refractivity contribution < 1.29 is 13.5 Å². The van der Waals surface area contributed by atoms with Crippen LogP contribution in [0.4, 0.5) is 17.2 Å². The monoisotopic (exact) mass is 495 g/mol. The Kier molecular flexibility index (Phi) is 6.76. The first-order valence-corrected chi connectivity index (χ1v) is 12.4. The van der Waals surface area contributed by atoms with E-state index in [1.807, 2.05) is 13.0 Å². The Bertz CT molecular complexity index is 1460.